The number of rotatable bonds is 25. The standard InChI is InChI=1S/C22H38N10O10/c23-30-27-3-6-37-9-12-40-17-15-22(36,21(35)26-2-1-19(33)34)16-18(41-13-10-38-7-4-28-31-24)20(17)42-14-11-39-8-5-29-32-25/h17-18,20,36H,1-16H2,(H,26,35)(H,33,34). The number of aliphatic hydroxyl groups is 1. The van der Waals surface area contributed by atoms with Crippen molar-refractivity contribution in [3.8, 4) is 0 Å². The summed E-state index contributed by atoms with van der Waals surface area (Å²) < 4.78 is 34.1. The van der Waals surface area contributed by atoms with Crippen molar-refractivity contribution in [3.63, 3.8) is 0 Å². The van der Waals surface area contributed by atoms with Crippen LogP contribution < -0.4 is 5.32 Å². The number of aliphatic carboxylic acids is 1. The second kappa shape index (κ2) is 23.2. The van der Waals surface area contributed by atoms with Crippen LogP contribution in [-0.4, -0.2) is 132 Å². The van der Waals surface area contributed by atoms with E-state index in [-0.39, 0.29) is 105 Å². The van der Waals surface area contributed by atoms with E-state index in [2.05, 4.69) is 35.4 Å². The number of carboxylic acid groups (broad SMARTS) is 1. The Morgan fingerprint density at radius 1 is 0.738 bits per heavy atom. The summed E-state index contributed by atoms with van der Waals surface area (Å²) in [5.41, 5.74) is 23.1. The highest BCUT2D eigenvalue weighted by atomic mass is 16.6. The number of azide groups is 3. The maximum atomic E-state index is 12.9. The lowest BCUT2D eigenvalue weighted by Crippen LogP contribution is -2.61. The van der Waals surface area contributed by atoms with Gasteiger partial charge >= 0.3 is 5.97 Å². The van der Waals surface area contributed by atoms with Crippen molar-refractivity contribution in [1.82, 2.24) is 5.32 Å². The first-order valence-electron chi connectivity index (χ1n) is 13.2. The summed E-state index contributed by atoms with van der Waals surface area (Å²) in [4.78, 5) is 31.7. The van der Waals surface area contributed by atoms with Crippen molar-refractivity contribution in [2.75, 3.05) is 85.6 Å². The predicted molar refractivity (Wildman–Crippen MR) is 143 cm³/mol. The van der Waals surface area contributed by atoms with Crippen molar-refractivity contribution in [2.24, 2.45) is 15.3 Å². The molecule has 0 bridgehead atoms. The maximum absolute atomic E-state index is 12.9. The van der Waals surface area contributed by atoms with E-state index in [9.17, 15) is 14.7 Å². The number of nitrogens with zero attached hydrogens (tertiary/aromatic N) is 9. The summed E-state index contributed by atoms with van der Waals surface area (Å²) in [5, 5.41) is 32.8. The van der Waals surface area contributed by atoms with Gasteiger partial charge in [0.2, 0.25) is 0 Å². The Kier molecular flexibility index (Phi) is 20.2. The number of amides is 1. The fourth-order valence-electron chi connectivity index (χ4n) is 3.89. The van der Waals surface area contributed by atoms with Gasteiger partial charge in [0.05, 0.1) is 78.1 Å². The second-order valence-electron chi connectivity index (χ2n) is 8.69. The summed E-state index contributed by atoms with van der Waals surface area (Å²) in [5.74, 6) is -1.88. The summed E-state index contributed by atoms with van der Waals surface area (Å²) in [6.45, 7) is 1.39. The minimum absolute atomic E-state index is 0.0510. The molecule has 3 N–H and O–H groups in total. The number of nitrogens with one attached hydrogen (secondary N) is 1. The first kappa shape index (κ1) is 36.6. The van der Waals surface area contributed by atoms with Gasteiger partial charge < -0.3 is 44.0 Å². The third kappa shape index (κ3) is 16.1. The largest absolute Gasteiger partial charge is 0.481 e. The molecule has 1 rings (SSSR count). The summed E-state index contributed by atoms with van der Waals surface area (Å²) in [6, 6.07) is 0. The predicted octanol–water partition coefficient (Wildman–Crippen LogP) is 1.24. The highest BCUT2D eigenvalue weighted by molar-refractivity contribution is 5.85. The molecule has 2 unspecified atom stereocenters. The fraction of sp³-hybridized carbons (Fsp3) is 0.909. The van der Waals surface area contributed by atoms with E-state index in [0.29, 0.717) is 0 Å². The molecule has 0 heterocycles. The van der Waals surface area contributed by atoms with Crippen molar-refractivity contribution in [1.29, 1.82) is 0 Å². The van der Waals surface area contributed by atoms with Gasteiger partial charge in [-0.1, -0.05) is 15.3 Å². The molecule has 0 aromatic heterocycles. The molecule has 1 aliphatic carbocycles. The molecule has 0 aromatic rings. The van der Waals surface area contributed by atoms with Crippen LogP contribution in [0, 0.1) is 0 Å². The number of hydrogen-bond donors (Lipinski definition) is 3. The molecular formula is C22H38N10O10. The Bertz CT molecular complexity index is 901. The van der Waals surface area contributed by atoms with Gasteiger partial charge in [-0.2, -0.15) is 0 Å². The van der Waals surface area contributed by atoms with Gasteiger partial charge in [-0.25, -0.2) is 0 Å². The second-order valence-corrected chi connectivity index (χ2v) is 8.69. The Morgan fingerprint density at radius 3 is 1.57 bits per heavy atom. The lowest BCUT2D eigenvalue weighted by Gasteiger charge is -2.44. The van der Waals surface area contributed by atoms with Gasteiger partial charge in [0.25, 0.3) is 5.91 Å². The Morgan fingerprint density at radius 2 is 1.17 bits per heavy atom. The summed E-state index contributed by atoms with van der Waals surface area (Å²) >= 11 is 0. The van der Waals surface area contributed by atoms with E-state index in [4.69, 9.17) is 50.1 Å². The number of carbonyl (C=O) groups excluding carboxylic acids is 1. The molecule has 20 heteroatoms. The average Bonchev–Trinajstić information content (AvgIpc) is 2.96. The van der Waals surface area contributed by atoms with E-state index in [1.807, 2.05) is 0 Å². The molecular weight excluding hydrogens is 564 g/mol. The molecule has 2 atom stereocenters. The minimum atomic E-state index is -1.97. The van der Waals surface area contributed by atoms with Gasteiger partial charge in [0.15, 0.2) is 0 Å². The molecule has 0 saturated heterocycles. The van der Waals surface area contributed by atoms with E-state index in [1.54, 1.807) is 0 Å². The van der Waals surface area contributed by atoms with Gasteiger partial charge in [-0.15, -0.1) is 0 Å². The fourth-order valence-corrected chi connectivity index (χ4v) is 3.89. The summed E-state index contributed by atoms with van der Waals surface area (Å²) in [7, 11) is 0. The van der Waals surface area contributed by atoms with Crippen LogP contribution in [0.1, 0.15) is 19.3 Å². The molecule has 1 saturated carbocycles. The zero-order valence-electron chi connectivity index (χ0n) is 23.2. The molecule has 236 valence electrons. The number of ether oxygens (including phenoxy) is 6. The minimum Gasteiger partial charge on any atom is -0.481 e. The third-order valence-corrected chi connectivity index (χ3v) is 5.71. The van der Waals surface area contributed by atoms with Crippen LogP contribution in [0.25, 0.3) is 31.3 Å². The molecule has 0 radical (unpaired) electrons. The van der Waals surface area contributed by atoms with E-state index in [0.717, 1.165) is 0 Å². The van der Waals surface area contributed by atoms with Crippen LogP contribution in [0.4, 0.5) is 0 Å². The molecule has 1 fully saturated rings. The number of carbonyl (C=O) groups is 2. The quantitative estimate of drug-likeness (QED) is 0.0581. The van der Waals surface area contributed by atoms with E-state index >= 15 is 0 Å². The average molecular weight is 603 g/mol. The lowest BCUT2D eigenvalue weighted by atomic mass is 9.78. The van der Waals surface area contributed by atoms with E-state index in [1.165, 1.54) is 0 Å². The van der Waals surface area contributed by atoms with Crippen LogP contribution in [0.15, 0.2) is 15.3 Å². The first-order chi connectivity index (χ1) is 20.4. The van der Waals surface area contributed by atoms with Crippen LogP contribution in [0.2, 0.25) is 0 Å². The molecule has 1 amide bonds. The van der Waals surface area contributed by atoms with Crippen LogP contribution in [-0.2, 0) is 38.0 Å². The number of carboxylic acids is 1. The zero-order chi connectivity index (χ0) is 30.9. The molecule has 42 heavy (non-hydrogen) atoms. The van der Waals surface area contributed by atoms with Crippen molar-refractivity contribution >= 4 is 11.9 Å². The maximum Gasteiger partial charge on any atom is 0.305 e. The molecule has 0 spiro atoms. The monoisotopic (exact) mass is 602 g/mol. The van der Waals surface area contributed by atoms with Crippen LogP contribution in [0.5, 0.6) is 0 Å². The van der Waals surface area contributed by atoms with Gasteiger partial charge in [-0.05, 0) is 16.6 Å². The Hall–Kier alpha value is -3.41. The Labute approximate surface area is 241 Å². The molecule has 1 aliphatic rings. The van der Waals surface area contributed by atoms with Crippen molar-refractivity contribution in [3.05, 3.63) is 31.3 Å². The molecule has 0 aromatic carbocycles. The number of hydrogen-bond acceptors (Lipinski definition) is 12. The van der Waals surface area contributed by atoms with Gasteiger partial charge in [-0.3, -0.25) is 9.59 Å². The van der Waals surface area contributed by atoms with Gasteiger partial charge in [0.1, 0.15) is 11.7 Å². The van der Waals surface area contributed by atoms with Crippen LogP contribution >= 0.6 is 0 Å². The Balaban J connectivity index is 2.95. The lowest BCUT2D eigenvalue weighted by molar-refractivity contribution is -0.210. The zero-order valence-corrected chi connectivity index (χ0v) is 23.2. The van der Waals surface area contributed by atoms with Crippen LogP contribution in [0.3, 0.4) is 0 Å². The topological polar surface area (TPSA) is 288 Å². The van der Waals surface area contributed by atoms with Crippen molar-refractivity contribution < 1.29 is 48.2 Å². The smallest absolute Gasteiger partial charge is 0.305 e. The SMILES string of the molecule is [N-]=[N+]=NCCOCCOC1CC(O)(C(=O)NCCC(=O)O)CC(OCCOCCN=[N+]=[N-])C1OCCOCCN=[N+]=[N-]. The third-order valence-electron chi connectivity index (χ3n) is 5.71. The highest BCUT2D eigenvalue weighted by Gasteiger charge is 2.51. The summed E-state index contributed by atoms with van der Waals surface area (Å²) in [6.07, 6.45) is -3.16. The van der Waals surface area contributed by atoms with Gasteiger partial charge in [0, 0.05) is 53.8 Å². The molecule has 0 aliphatic heterocycles. The first-order valence-corrected chi connectivity index (χ1v) is 13.2. The van der Waals surface area contributed by atoms with E-state index < -0.39 is 35.8 Å². The molecule has 20 nitrogen and oxygen atoms in total. The highest BCUT2D eigenvalue weighted by Crippen LogP contribution is 2.34. The van der Waals surface area contributed by atoms with Crippen molar-refractivity contribution in [2.45, 2.75) is 43.2 Å². The normalized spacial score (nSPS) is 21.4.